The number of aryl methyl sites for hydroxylation is 1. The molecule has 1 saturated heterocycles. The number of aromatic nitrogens is 2. The summed E-state index contributed by atoms with van der Waals surface area (Å²) in [7, 11) is 0. The Labute approximate surface area is 122 Å². The van der Waals surface area contributed by atoms with Gasteiger partial charge in [-0.15, -0.1) is 0 Å². The predicted molar refractivity (Wildman–Crippen MR) is 80.5 cm³/mol. The van der Waals surface area contributed by atoms with Gasteiger partial charge in [0.25, 0.3) is 0 Å². The third-order valence-electron chi connectivity index (χ3n) is 4.09. The summed E-state index contributed by atoms with van der Waals surface area (Å²) in [6.07, 6.45) is 6.14. The first-order valence-electron chi connectivity index (χ1n) is 7.80. The van der Waals surface area contributed by atoms with Crippen molar-refractivity contribution in [2.24, 2.45) is 5.92 Å². The van der Waals surface area contributed by atoms with E-state index in [1.807, 2.05) is 19.3 Å². The van der Waals surface area contributed by atoms with Crippen molar-refractivity contribution < 1.29 is 5.11 Å². The van der Waals surface area contributed by atoms with E-state index in [-0.39, 0.29) is 6.10 Å². The Bertz CT molecular complexity index is 383. The van der Waals surface area contributed by atoms with Crippen molar-refractivity contribution in [1.29, 1.82) is 0 Å². The topological polar surface area (TPSA) is 53.3 Å². The lowest BCUT2D eigenvalue weighted by molar-refractivity contribution is 0.0997. The second-order valence-electron chi connectivity index (χ2n) is 5.85. The summed E-state index contributed by atoms with van der Waals surface area (Å²) < 4.78 is 2.18. The molecule has 0 amide bonds. The molecule has 0 bridgehead atoms. The minimum absolute atomic E-state index is 0.211. The van der Waals surface area contributed by atoms with Crippen LogP contribution in [0.15, 0.2) is 12.4 Å². The number of nitrogens with one attached hydrogen (secondary N) is 1. The summed E-state index contributed by atoms with van der Waals surface area (Å²) in [5.74, 6) is 1.88. The van der Waals surface area contributed by atoms with Crippen LogP contribution in [-0.4, -0.2) is 51.8 Å². The van der Waals surface area contributed by atoms with E-state index in [2.05, 4.69) is 26.7 Å². The zero-order valence-electron chi connectivity index (χ0n) is 12.8. The molecule has 5 heteroatoms. The Morgan fingerprint density at radius 3 is 2.85 bits per heavy atom. The Morgan fingerprint density at radius 2 is 2.20 bits per heavy atom. The van der Waals surface area contributed by atoms with Gasteiger partial charge in [0.15, 0.2) is 0 Å². The average molecular weight is 280 g/mol. The van der Waals surface area contributed by atoms with Gasteiger partial charge >= 0.3 is 0 Å². The van der Waals surface area contributed by atoms with Crippen LogP contribution >= 0.6 is 0 Å². The van der Waals surface area contributed by atoms with E-state index in [9.17, 15) is 5.11 Å². The van der Waals surface area contributed by atoms with Crippen LogP contribution in [0.1, 0.15) is 32.5 Å². The SMILES string of the molecule is CCn1ccnc1CNCC1CCN(CC(C)O)CC1. The molecule has 0 aromatic carbocycles. The molecule has 1 aliphatic rings. The maximum absolute atomic E-state index is 9.40. The molecule has 2 N–H and O–H groups in total. The van der Waals surface area contributed by atoms with Crippen LogP contribution in [0.25, 0.3) is 0 Å². The quantitative estimate of drug-likeness (QED) is 0.785. The van der Waals surface area contributed by atoms with Gasteiger partial charge in [-0.3, -0.25) is 0 Å². The number of rotatable bonds is 7. The largest absolute Gasteiger partial charge is 0.392 e. The highest BCUT2D eigenvalue weighted by Gasteiger charge is 2.19. The number of aliphatic hydroxyl groups is 1. The number of hydrogen-bond donors (Lipinski definition) is 2. The zero-order valence-corrected chi connectivity index (χ0v) is 12.8. The molecular weight excluding hydrogens is 252 g/mol. The van der Waals surface area contributed by atoms with Crippen LogP contribution < -0.4 is 5.32 Å². The standard InChI is InChI=1S/C15H28N4O/c1-3-19-9-6-17-15(19)11-16-10-14-4-7-18(8-5-14)12-13(2)20/h6,9,13-14,16,20H,3-5,7-8,10-12H2,1-2H3. The lowest BCUT2D eigenvalue weighted by atomic mass is 9.96. The highest BCUT2D eigenvalue weighted by Crippen LogP contribution is 2.16. The number of nitrogens with zero attached hydrogens (tertiary/aromatic N) is 3. The van der Waals surface area contributed by atoms with Gasteiger partial charge in [0.1, 0.15) is 5.82 Å². The van der Waals surface area contributed by atoms with Crippen molar-refractivity contribution >= 4 is 0 Å². The predicted octanol–water partition coefficient (Wildman–Crippen LogP) is 1.09. The van der Waals surface area contributed by atoms with Crippen molar-refractivity contribution in [2.45, 2.75) is 45.9 Å². The van der Waals surface area contributed by atoms with E-state index < -0.39 is 0 Å². The van der Waals surface area contributed by atoms with Crippen LogP contribution in [-0.2, 0) is 13.1 Å². The average Bonchev–Trinajstić information content (AvgIpc) is 2.87. The lowest BCUT2D eigenvalue weighted by Gasteiger charge is -2.32. The van der Waals surface area contributed by atoms with Crippen molar-refractivity contribution in [3.8, 4) is 0 Å². The fourth-order valence-electron chi connectivity index (χ4n) is 2.93. The Hall–Kier alpha value is -0.910. The molecule has 5 nitrogen and oxygen atoms in total. The molecule has 2 rings (SSSR count). The number of aliphatic hydroxyl groups excluding tert-OH is 1. The van der Waals surface area contributed by atoms with Crippen LogP contribution in [0.5, 0.6) is 0 Å². The summed E-state index contributed by atoms with van der Waals surface area (Å²) in [6, 6.07) is 0. The van der Waals surface area contributed by atoms with Gasteiger partial charge in [-0.2, -0.15) is 0 Å². The molecule has 1 atom stereocenters. The van der Waals surface area contributed by atoms with E-state index >= 15 is 0 Å². The Morgan fingerprint density at radius 1 is 1.45 bits per heavy atom. The first-order chi connectivity index (χ1) is 9.69. The minimum atomic E-state index is -0.211. The molecule has 1 aliphatic heterocycles. The van der Waals surface area contributed by atoms with Gasteiger partial charge in [0.2, 0.25) is 0 Å². The van der Waals surface area contributed by atoms with E-state index in [4.69, 9.17) is 0 Å². The molecule has 2 heterocycles. The number of hydrogen-bond acceptors (Lipinski definition) is 4. The molecule has 0 aliphatic carbocycles. The fourth-order valence-corrected chi connectivity index (χ4v) is 2.93. The van der Waals surface area contributed by atoms with E-state index in [1.54, 1.807) is 0 Å². The molecule has 0 radical (unpaired) electrons. The third-order valence-corrected chi connectivity index (χ3v) is 4.09. The number of piperidine rings is 1. The minimum Gasteiger partial charge on any atom is -0.392 e. The Kier molecular flexibility index (Phi) is 6.01. The molecule has 1 unspecified atom stereocenters. The van der Waals surface area contributed by atoms with Crippen molar-refractivity contribution in [2.75, 3.05) is 26.2 Å². The highest BCUT2D eigenvalue weighted by molar-refractivity contribution is 4.91. The molecule has 20 heavy (non-hydrogen) atoms. The summed E-state index contributed by atoms with van der Waals surface area (Å²) in [5, 5.41) is 12.9. The normalized spacial score (nSPS) is 19.4. The van der Waals surface area contributed by atoms with Crippen LogP contribution in [0, 0.1) is 5.92 Å². The maximum atomic E-state index is 9.40. The zero-order chi connectivity index (χ0) is 14.4. The fraction of sp³-hybridized carbons (Fsp3) is 0.800. The highest BCUT2D eigenvalue weighted by atomic mass is 16.3. The Balaban J connectivity index is 1.64. The molecule has 1 aromatic rings. The van der Waals surface area contributed by atoms with E-state index in [0.717, 1.165) is 51.0 Å². The molecule has 0 spiro atoms. The van der Waals surface area contributed by atoms with Crippen molar-refractivity contribution in [3.05, 3.63) is 18.2 Å². The first-order valence-corrected chi connectivity index (χ1v) is 7.80. The number of imidazole rings is 1. The van der Waals surface area contributed by atoms with Crippen LogP contribution in [0.4, 0.5) is 0 Å². The smallest absolute Gasteiger partial charge is 0.122 e. The van der Waals surface area contributed by atoms with Crippen molar-refractivity contribution in [1.82, 2.24) is 19.8 Å². The van der Waals surface area contributed by atoms with Gasteiger partial charge in [-0.05, 0) is 52.2 Å². The molecule has 114 valence electrons. The summed E-state index contributed by atoms with van der Waals surface area (Å²) >= 11 is 0. The first kappa shape index (κ1) is 15.5. The van der Waals surface area contributed by atoms with Gasteiger partial charge < -0.3 is 19.9 Å². The van der Waals surface area contributed by atoms with Gasteiger partial charge in [0, 0.05) is 25.5 Å². The van der Waals surface area contributed by atoms with Crippen molar-refractivity contribution in [3.63, 3.8) is 0 Å². The second kappa shape index (κ2) is 7.76. The van der Waals surface area contributed by atoms with E-state index in [1.165, 1.54) is 12.8 Å². The second-order valence-corrected chi connectivity index (χ2v) is 5.85. The van der Waals surface area contributed by atoms with Crippen LogP contribution in [0.3, 0.4) is 0 Å². The molecule has 1 fully saturated rings. The molecular formula is C15H28N4O. The van der Waals surface area contributed by atoms with Gasteiger partial charge in [0.05, 0.1) is 12.6 Å². The number of likely N-dealkylation sites (tertiary alicyclic amines) is 1. The summed E-state index contributed by atoms with van der Waals surface area (Å²) in [4.78, 5) is 6.74. The maximum Gasteiger partial charge on any atom is 0.122 e. The molecule has 1 aromatic heterocycles. The van der Waals surface area contributed by atoms with Gasteiger partial charge in [-0.25, -0.2) is 4.98 Å². The van der Waals surface area contributed by atoms with E-state index in [0.29, 0.717) is 0 Å². The van der Waals surface area contributed by atoms with Gasteiger partial charge in [-0.1, -0.05) is 0 Å². The number of β-amino-alcohol motifs (C(OH)–C–C–N with tert-alkyl or cyclic N) is 1. The summed E-state index contributed by atoms with van der Waals surface area (Å²) in [5.41, 5.74) is 0. The third kappa shape index (κ3) is 4.58. The summed E-state index contributed by atoms with van der Waals surface area (Å²) in [6.45, 7) is 9.95. The van der Waals surface area contributed by atoms with Crippen LogP contribution in [0.2, 0.25) is 0 Å². The monoisotopic (exact) mass is 280 g/mol. The lowest BCUT2D eigenvalue weighted by Crippen LogP contribution is -2.40. The molecule has 0 saturated carbocycles.